The molecule has 0 unspecified atom stereocenters. The summed E-state index contributed by atoms with van der Waals surface area (Å²) >= 11 is 0. The van der Waals surface area contributed by atoms with E-state index in [0.717, 1.165) is 70.7 Å². The number of aliphatic hydroxyl groups is 1. The van der Waals surface area contributed by atoms with Gasteiger partial charge < -0.3 is 14.6 Å². The Labute approximate surface area is 167 Å². The van der Waals surface area contributed by atoms with Crippen LogP contribution in [-0.4, -0.2) is 67.9 Å². The van der Waals surface area contributed by atoms with E-state index in [2.05, 4.69) is 32.7 Å². The number of likely N-dealkylation sites (tertiary alicyclic amines) is 2. The number of piperidine rings is 2. The lowest BCUT2D eigenvalue weighted by Crippen LogP contribution is -2.59. The Bertz CT molecular complexity index is 730. The van der Waals surface area contributed by atoms with Crippen molar-refractivity contribution >= 4 is 5.91 Å². The Morgan fingerprint density at radius 2 is 2.21 bits per heavy atom. The lowest BCUT2D eigenvalue weighted by Gasteiger charge is -2.51. The van der Waals surface area contributed by atoms with E-state index in [1.807, 2.05) is 4.90 Å². The Morgan fingerprint density at radius 1 is 1.32 bits per heavy atom. The summed E-state index contributed by atoms with van der Waals surface area (Å²) in [5.41, 5.74) is 1.09. The van der Waals surface area contributed by atoms with Crippen molar-refractivity contribution in [2.75, 3.05) is 26.2 Å². The summed E-state index contributed by atoms with van der Waals surface area (Å²) in [7, 11) is 0. The van der Waals surface area contributed by atoms with E-state index in [1.165, 1.54) is 12.0 Å². The Kier molecular flexibility index (Phi) is 5.83. The highest BCUT2D eigenvalue weighted by Gasteiger charge is 2.46. The Balaban J connectivity index is 1.43. The minimum atomic E-state index is -0.339. The Hall–Kier alpha value is -1.73. The van der Waals surface area contributed by atoms with Gasteiger partial charge in [0, 0.05) is 44.6 Å². The third-order valence-electron chi connectivity index (χ3n) is 6.84. The molecule has 7 nitrogen and oxygen atoms in total. The van der Waals surface area contributed by atoms with Crippen LogP contribution in [0.1, 0.15) is 57.7 Å². The molecule has 2 saturated heterocycles. The maximum absolute atomic E-state index is 12.9. The molecule has 7 heteroatoms. The number of carbonyl (C=O) groups is 1. The lowest BCUT2D eigenvalue weighted by atomic mass is 9.71. The molecule has 2 atom stereocenters. The summed E-state index contributed by atoms with van der Waals surface area (Å²) in [6.07, 6.45) is 10.3. The van der Waals surface area contributed by atoms with Crippen LogP contribution in [0.3, 0.4) is 0 Å². The number of aliphatic hydroxyl groups excluding tert-OH is 1. The molecule has 4 rings (SSSR count). The third kappa shape index (κ3) is 4.01. The number of allylic oxidation sites excluding steroid dienone is 1. The molecule has 2 aliphatic heterocycles. The van der Waals surface area contributed by atoms with Gasteiger partial charge in [0.1, 0.15) is 12.2 Å². The van der Waals surface area contributed by atoms with Gasteiger partial charge in [0.25, 0.3) is 0 Å². The molecule has 0 radical (unpaired) electrons. The fourth-order valence-electron chi connectivity index (χ4n) is 5.22. The van der Waals surface area contributed by atoms with Gasteiger partial charge in [0.2, 0.25) is 5.91 Å². The van der Waals surface area contributed by atoms with E-state index in [0.29, 0.717) is 13.0 Å². The SMILES string of the molecule is CCn1cnnc1CN1CC[C@@H](O)[C@]2(CCCN(C(=O)CC3=CCCC3)C2)C1. The van der Waals surface area contributed by atoms with Gasteiger partial charge in [-0.05, 0) is 45.4 Å². The summed E-state index contributed by atoms with van der Waals surface area (Å²) in [4.78, 5) is 17.3. The van der Waals surface area contributed by atoms with Crippen molar-refractivity contribution in [2.24, 2.45) is 5.41 Å². The number of amides is 1. The van der Waals surface area contributed by atoms with Crippen LogP contribution in [0, 0.1) is 5.41 Å². The molecule has 1 N–H and O–H groups in total. The monoisotopic (exact) mass is 387 g/mol. The quantitative estimate of drug-likeness (QED) is 0.782. The average molecular weight is 388 g/mol. The van der Waals surface area contributed by atoms with Crippen LogP contribution in [0.2, 0.25) is 0 Å². The molecule has 1 aromatic rings. The third-order valence-corrected chi connectivity index (χ3v) is 6.84. The van der Waals surface area contributed by atoms with Gasteiger partial charge in [-0.15, -0.1) is 10.2 Å². The molecule has 3 aliphatic rings. The van der Waals surface area contributed by atoms with Gasteiger partial charge in [-0.25, -0.2) is 0 Å². The van der Waals surface area contributed by atoms with Crippen molar-refractivity contribution in [3.8, 4) is 0 Å². The van der Waals surface area contributed by atoms with Crippen LogP contribution < -0.4 is 0 Å². The second kappa shape index (κ2) is 8.33. The molecule has 1 aliphatic carbocycles. The fourth-order valence-corrected chi connectivity index (χ4v) is 5.22. The molecule has 1 aromatic heterocycles. The van der Waals surface area contributed by atoms with Crippen molar-refractivity contribution < 1.29 is 9.90 Å². The first kappa shape index (κ1) is 19.6. The van der Waals surface area contributed by atoms with Crippen LogP contribution in [0.25, 0.3) is 0 Å². The Morgan fingerprint density at radius 3 is 3.00 bits per heavy atom. The highest BCUT2D eigenvalue weighted by molar-refractivity contribution is 5.79. The van der Waals surface area contributed by atoms with Crippen LogP contribution in [0.5, 0.6) is 0 Å². The predicted octanol–water partition coefficient (Wildman–Crippen LogP) is 1.97. The fraction of sp³-hybridized carbons (Fsp3) is 0.762. The predicted molar refractivity (Wildman–Crippen MR) is 106 cm³/mol. The molecule has 0 bridgehead atoms. The zero-order chi connectivity index (χ0) is 19.6. The second-order valence-electron chi connectivity index (χ2n) is 8.76. The highest BCUT2D eigenvalue weighted by Crippen LogP contribution is 2.39. The maximum Gasteiger partial charge on any atom is 0.226 e. The normalized spacial score (nSPS) is 28.7. The first-order valence-corrected chi connectivity index (χ1v) is 10.8. The topological polar surface area (TPSA) is 74.5 Å². The van der Waals surface area contributed by atoms with E-state index in [4.69, 9.17) is 0 Å². The van der Waals surface area contributed by atoms with Crippen molar-refractivity contribution in [3.05, 3.63) is 23.8 Å². The largest absolute Gasteiger partial charge is 0.392 e. The molecule has 3 heterocycles. The van der Waals surface area contributed by atoms with Crippen LogP contribution in [-0.2, 0) is 17.9 Å². The van der Waals surface area contributed by atoms with Crippen LogP contribution in [0.4, 0.5) is 0 Å². The number of rotatable bonds is 5. The van der Waals surface area contributed by atoms with Crippen molar-refractivity contribution in [1.29, 1.82) is 0 Å². The maximum atomic E-state index is 12.9. The van der Waals surface area contributed by atoms with Crippen molar-refractivity contribution in [2.45, 2.75) is 71.1 Å². The average Bonchev–Trinajstić information content (AvgIpc) is 3.37. The summed E-state index contributed by atoms with van der Waals surface area (Å²) in [5, 5.41) is 19.2. The minimum absolute atomic E-state index is 0.215. The van der Waals surface area contributed by atoms with Crippen LogP contribution >= 0.6 is 0 Å². The van der Waals surface area contributed by atoms with Crippen molar-refractivity contribution in [3.63, 3.8) is 0 Å². The molecule has 2 fully saturated rings. The van der Waals surface area contributed by atoms with Gasteiger partial charge in [0.15, 0.2) is 0 Å². The smallest absolute Gasteiger partial charge is 0.226 e. The summed E-state index contributed by atoms with van der Waals surface area (Å²) in [6, 6.07) is 0. The van der Waals surface area contributed by atoms with E-state index in [1.54, 1.807) is 6.33 Å². The lowest BCUT2D eigenvalue weighted by molar-refractivity contribution is -0.141. The summed E-state index contributed by atoms with van der Waals surface area (Å²) < 4.78 is 2.07. The van der Waals surface area contributed by atoms with Gasteiger partial charge in [-0.1, -0.05) is 11.6 Å². The molecule has 154 valence electrons. The molecule has 28 heavy (non-hydrogen) atoms. The van der Waals surface area contributed by atoms with E-state index in [-0.39, 0.29) is 17.4 Å². The number of nitrogens with zero attached hydrogens (tertiary/aromatic N) is 5. The van der Waals surface area contributed by atoms with Crippen LogP contribution in [0.15, 0.2) is 18.0 Å². The minimum Gasteiger partial charge on any atom is -0.392 e. The first-order valence-electron chi connectivity index (χ1n) is 10.8. The zero-order valence-corrected chi connectivity index (χ0v) is 17.0. The van der Waals surface area contributed by atoms with Gasteiger partial charge in [-0.3, -0.25) is 9.69 Å². The molecular weight excluding hydrogens is 354 g/mol. The number of aromatic nitrogens is 3. The highest BCUT2D eigenvalue weighted by atomic mass is 16.3. The van der Waals surface area contributed by atoms with Crippen molar-refractivity contribution in [1.82, 2.24) is 24.6 Å². The first-order chi connectivity index (χ1) is 13.6. The molecule has 1 spiro atoms. The molecule has 0 saturated carbocycles. The van der Waals surface area contributed by atoms with Gasteiger partial charge in [-0.2, -0.15) is 0 Å². The van der Waals surface area contributed by atoms with E-state index in [9.17, 15) is 9.90 Å². The molecule has 1 amide bonds. The van der Waals surface area contributed by atoms with E-state index >= 15 is 0 Å². The van der Waals surface area contributed by atoms with E-state index < -0.39 is 0 Å². The second-order valence-corrected chi connectivity index (χ2v) is 8.76. The summed E-state index contributed by atoms with van der Waals surface area (Å²) in [5.74, 6) is 1.22. The zero-order valence-electron chi connectivity index (χ0n) is 17.0. The van der Waals surface area contributed by atoms with Gasteiger partial charge in [0.05, 0.1) is 12.6 Å². The number of hydrogen-bond acceptors (Lipinski definition) is 5. The summed E-state index contributed by atoms with van der Waals surface area (Å²) in [6.45, 7) is 6.89. The molecular formula is C21H33N5O2. The van der Waals surface area contributed by atoms with Gasteiger partial charge >= 0.3 is 0 Å². The number of carbonyl (C=O) groups excluding carboxylic acids is 1. The number of hydrogen-bond donors (Lipinski definition) is 1. The number of aryl methyl sites for hydroxylation is 1. The molecule has 0 aromatic carbocycles. The standard InChI is InChI=1S/C21H33N5O2/c1-2-25-16-22-23-19(25)13-24-11-8-18(27)21(14-24)9-5-10-26(15-21)20(28)12-17-6-3-4-7-17/h6,16,18,27H,2-5,7-15H2,1H3/t18-,21-/m1/s1.